The number of amides is 3. The summed E-state index contributed by atoms with van der Waals surface area (Å²) >= 11 is 6.74. The zero-order valence-corrected chi connectivity index (χ0v) is 31.5. The summed E-state index contributed by atoms with van der Waals surface area (Å²) in [6.07, 6.45) is 1.15. The van der Waals surface area contributed by atoms with Crippen LogP contribution in [0.15, 0.2) is 35.9 Å². The second kappa shape index (κ2) is 16.3. The van der Waals surface area contributed by atoms with E-state index in [1.807, 2.05) is 13.0 Å². The molecule has 1 aromatic carbocycles. The van der Waals surface area contributed by atoms with Gasteiger partial charge in [-0.1, -0.05) is 42.3 Å². The van der Waals surface area contributed by atoms with E-state index in [-0.39, 0.29) is 30.2 Å². The molecule has 8 atom stereocenters. The number of alkyl carbamates (subject to hydrolysis) is 1. The van der Waals surface area contributed by atoms with E-state index >= 15 is 0 Å². The first-order chi connectivity index (χ1) is 24.0. The first-order valence-corrected chi connectivity index (χ1v) is 17.4. The minimum absolute atomic E-state index is 0.0474. The maximum atomic E-state index is 14.1. The maximum Gasteiger partial charge on any atom is 0.409 e. The van der Waals surface area contributed by atoms with Gasteiger partial charge in [-0.15, -0.1) is 0 Å². The zero-order valence-electron chi connectivity index (χ0n) is 30.8. The molecule has 14 nitrogen and oxygen atoms in total. The van der Waals surface area contributed by atoms with Crippen molar-refractivity contribution in [3.05, 3.63) is 46.5 Å². The summed E-state index contributed by atoms with van der Waals surface area (Å²) < 4.78 is 29.1. The number of esters is 1. The number of halogens is 1. The number of epoxide rings is 1. The van der Waals surface area contributed by atoms with Crippen LogP contribution >= 0.6 is 11.6 Å². The predicted molar refractivity (Wildman–Crippen MR) is 189 cm³/mol. The van der Waals surface area contributed by atoms with Crippen molar-refractivity contribution in [3.63, 3.8) is 0 Å². The number of anilines is 1. The number of hydrogen-bond donors (Lipinski definition) is 3. The molecule has 0 aliphatic carbocycles. The molecule has 0 saturated carbocycles. The van der Waals surface area contributed by atoms with Crippen LogP contribution in [0.1, 0.15) is 52.5 Å². The van der Waals surface area contributed by atoms with Crippen LogP contribution in [0, 0.1) is 5.92 Å². The smallest absolute Gasteiger partial charge is 0.409 e. The van der Waals surface area contributed by atoms with E-state index in [2.05, 4.69) is 10.6 Å². The van der Waals surface area contributed by atoms with Gasteiger partial charge in [-0.2, -0.15) is 0 Å². The lowest BCUT2D eigenvalue weighted by atomic mass is 9.83. The van der Waals surface area contributed by atoms with Crippen molar-refractivity contribution in [1.82, 2.24) is 15.5 Å². The third-order valence-electron chi connectivity index (χ3n) is 10.1. The van der Waals surface area contributed by atoms with Crippen LogP contribution in [0.5, 0.6) is 5.75 Å². The molecule has 0 spiro atoms. The Labute approximate surface area is 304 Å². The van der Waals surface area contributed by atoms with Crippen LogP contribution in [-0.2, 0) is 39.8 Å². The van der Waals surface area contributed by atoms with Crippen molar-refractivity contribution >= 4 is 41.2 Å². The van der Waals surface area contributed by atoms with E-state index < -0.39 is 65.7 Å². The van der Waals surface area contributed by atoms with Gasteiger partial charge in [-0.3, -0.25) is 14.9 Å². The van der Waals surface area contributed by atoms with Crippen LogP contribution < -0.4 is 20.3 Å². The Kier molecular flexibility index (Phi) is 12.8. The molecular formula is C36H51ClN4O10. The molecule has 0 radical (unpaired) electrons. The zero-order chi connectivity index (χ0) is 37.8. The Balaban J connectivity index is 1.76. The quantitative estimate of drug-likeness (QED) is 0.265. The molecular weight excluding hydrogens is 684 g/mol. The number of nitrogens with zero attached hydrogens (tertiary/aromatic N) is 2. The van der Waals surface area contributed by atoms with E-state index in [1.165, 1.54) is 31.1 Å². The number of aliphatic hydroxyl groups is 1. The number of carbonyl (C=O) groups is 4. The van der Waals surface area contributed by atoms with Gasteiger partial charge in [0.25, 0.3) is 0 Å². The normalized spacial score (nSPS) is 30.9. The molecule has 3 amide bonds. The summed E-state index contributed by atoms with van der Waals surface area (Å²) in [4.78, 5) is 55.9. The lowest BCUT2D eigenvalue weighted by molar-refractivity contribution is -0.162. The van der Waals surface area contributed by atoms with Crippen molar-refractivity contribution in [3.8, 4) is 5.75 Å². The summed E-state index contributed by atoms with van der Waals surface area (Å²) in [5.41, 5.74) is -0.896. The Morgan fingerprint density at radius 1 is 1.27 bits per heavy atom. The topological polar surface area (TPSA) is 169 Å². The molecule has 2 fully saturated rings. The Morgan fingerprint density at radius 2 is 1.98 bits per heavy atom. The van der Waals surface area contributed by atoms with Crippen LogP contribution in [0.3, 0.4) is 0 Å². The lowest BCUT2D eigenvalue weighted by Crippen LogP contribution is -2.63. The summed E-state index contributed by atoms with van der Waals surface area (Å²) in [6.45, 7) is 7.42. The van der Waals surface area contributed by atoms with Crippen molar-refractivity contribution in [1.29, 1.82) is 0 Å². The maximum absolute atomic E-state index is 14.1. The van der Waals surface area contributed by atoms with Crippen molar-refractivity contribution < 1.29 is 48.0 Å². The lowest BCUT2D eigenvalue weighted by Gasteiger charge is -2.42. The molecule has 0 unspecified atom stereocenters. The molecule has 4 bridgehead atoms. The number of rotatable bonds is 8. The van der Waals surface area contributed by atoms with Gasteiger partial charge in [-0.25, -0.2) is 9.59 Å². The van der Waals surface area contributed by atoms with E-state index in [9.17, 15) is 24.3 Å². The van der Waals surface area contributed by atoms with Crippen molar-refractivity contribution in [2.24, 2.45) is 5.92 Å². The molecule has 3 N–H and O–H groups in total. The molecule has 3 aliphatic heterocycles. The average Bonchev–Trinajstić information content (AvgIpc) is 3.79. The van der Waals surface area contributed by atoms with Crippen LogP contribution in [-0.4, -0.2) is 118 Å². The third-order valence-corrected chi connectivity index (χ3v) is 10.5. The second-order valence-electron chi connectivity index (χ2n) is 13.8. The van der Waals surface area contributed by atoms with Gasteiger partial charge in [0, 0.05) is 46.5 Å². The molecule has 3 aliphatic rings. The van der Waals surface area contributed by atoms with Crippen molar-refractivity contribution in [2.75, 3.05) is 46.8 Å². The number of benzene rings is 1. The summed E-state index contributed by atoms with van der Waals surface area (Å²) in [6, 6.07) is 2.62. The molecule has 2 saturated heterocycles. The summed E-state index contributed by atoms with van der Waals surface area (Å²) in [7, 11) is 7.74. The second-order valence-corrected chi connectivity index (χ2v) is 14.1. The highest BCUT2D eigenvalue weighted by Crippen LogP contribution is 2.49. The van der Waals surface area contributed by atoms with Gasteiger partial charge < -0.3 is 43.9 Å². The van der Waals surface area contributed by atoms with Gasteiger partial charge in [0.05, 0.1) is 25.3 Å². The van der Waals surface area contributed by atoms with Crippen LogP contribution in [0.4, 0.5) is 10.5 Å². The first kappa shape index (κ1) is 40.1. The fourth-order valence-corrected chi connectivity index (χ4v) is 6.94. The number of ether oxygens (including phenoxy) is 5. The average molecular weight is 735 g/mol. The largest absolute Gasteiger partial charge is 0.495 e. The Morgan fingerprint density at radius 3 is 2.63 bits per heavy atom. The third kappa shape index (κ3) is 8.86. The highest BCUT2D eigenvalue weighted by molar-refractivity contribution is 6.35. The standard InChI is InChI=1S/C36H51ClN4O10/c1-20-11-10-12-27(48-9)36(46)19-26(49-34(45)39-36)21(2)32-35(4,51-32)28(50-33(44)22(3)40(6)29(42)13-14-38-5)18-30(43)41(7)24-16-23(15-20)17-25(47-8)31(24)37/h10-12,16-17,21-22,26-28,32,38,46H,13-15,18-19H2,1-9H3,(H,39,45)/b12-10-,20-11?/t21-,22+,26+,27-,28+,32+,35+,36+/m1/s1. The van der Waals surface area contributed by atoms with Crippen LogP contribution in [0.25, 0.3) is 0 Å². The van der Waals surface area contributed by atoms with E-state index in [0.717, 1.165) is 11.1 Å². The first-order valence-electron chi connectivity index (χ1n) is 17.0. The molecule has 15 heteroatoms. The monoisotopic (exact) mass is 734 g/mol. The molecule has 3 heterocycles. The van der Waals surface area contributed by atoms with Gasteiger partial charge in [0.1, 0.15) is 40.7 Å². The summed E-state index contributed by atoms with van der Waals surface area (Å²) in [5, 5.41) is 17.4. The highest BCUT2D eigenvalue weighted by Gasteiger charge is 2.64. The number of carbonyl (C=O) groups excluding carboxylic acids is 4. The molecule has 51 heavy (non-hydrogen) atoms. The van der Waals surface area contributed by atoms with Gasteiger partial charge in [0.2, 0.25) is 11.8 Å². The number of hydrogen-bond acceptors (Lipinski definition) is 11. The molecule has 4 rings (SSSR count). The SMILES string of the molecule is CNCCC(=O)N(C)[C@@H](C)C(=O)O[C@H]1CC(=O)N(C)c2cc(cc(OC)c2Cl)CC(C)=C/C=C\[C@@H](OC)[C@@]2(O)C[C@H](OC(=O)N2)[C@@H](C)[C@@H]2O[C@@]12C. The Bertz CT molecular complexity index is 1550. The van der Waals surface area contributed by atoms with Gasteiger partial charge in [-0.05, 0) is 51.9 Å². The molecule has 282 valence electrons. The number of likely N-dealkylation sites (N-methyl/N-ethyl adjacent to an activating group) is 1. The Hall–Kier alpha value is -3.69. The van der Waals surface area contributed by atoms with Crippen LogP contribution in [0.2, 0.25) is 5.02 Å². The number of fused-ring (bicyclic) bond motifs is 5. The predicted octanol–water partition coefficient (Wildman–Crippen LogP) is 3.12. The number of nitrogens with one attached hydrogen (secondary N) is 2. The minimum Gasteiger partial charge on any atom is -0.495 e. The van der Waals surface area contributed by atoms with Crippen molar-refractivity contribution in [2.45, 2.75) is 95.2 Å². The minimum atomic E-state index is -1.82. The van der Waals surface area contributed by atoms with E-state index in [4.69, 9.17) is 35.3 Å². The van der Waals surface area contributed by atoms with Gasteiger partial charge >= 0.3 is 12.1 Å². The van der Waals surface area contributed by atoms with E-state index in [1.54, 1.807) is 59.2 Å². The molecule has 1 aromatic rings. The fraction of sp³-hybridized carbons (Fsp3) is 0.611. The number of methoxy groups -OCH3 is 2. The highest BCUT2D eigenvalue weighted by atomic mass is 35.5. The number of allylic oxidation sites excluding steroid dienone is 3. The van der Waals surface area contributed by atoms with E-state index in [0.29, 0.717) is 24.4 Å². The fourth-order valence-electron chi connectivity index (χ4n) is 6.63. The summed E-state index contributed by atoms with van der Waals surface area (Å²) in [5.74, 6) is -1.56. The molecule has 0 aromatic heterocycles. The van der Waals surface area contributed by atoms with Gasteiger partial charge in [0.15, 0.2) is 5.72 Å².